The Labute approximate surface area is 102 Å². The van der Waals surface area contributed by atoms with Crippen molar-refractivity contribution >= 4 is 5.97 Å². The largest absolute Gasteiger partial charge is 0.393 e. The van der Waals surface area contributed by atoms with Crippen LogP contribution in [0, 0.1) is 11.8 Å². The van der Waals surface area contributed by atoms with Crippen molar-refractivity contribution in [1.82, 2.24) is 0 Å². The van der Waals surface area contributed by atoms with E-state index in [2.05, 4.69) is 6.58 Å². The van der Waals surface area contributed by atoms with Crippen LogP contribution in [0.25, 0.3) is 0 Å². The third-order valence-electron chi connectivity index (χ3n) is 3.87. The van der Waals surface area contributed by atoms with E-state index in [0.717, 1.165) is 25.7 Å². The predicted octanol–water partition coefficient (Wildman–Crippen LogP) is 1.98. The van der Waals surface area contributed by atoms with Gasteiger partial charge in [-0.3, -0.25) is 4.89 Å². The Bertz CT molecular complexity index is 289. The van der Waals surface area contributed by atoms with E-state index in [9.17, 15) is 9.90 Å². The quantitative estimate of drug-likeness (QED) is 0.592. The fourth-order valence-electron chi connectivity index (χ4n) is 2.99. The normalized spacial score (nSPS) is 38.5. The second kappa shape index (κ2) is 5.65. The topological polar surface area (TPSA) is 55.8 Å². The molecule has 0 bridgehead atoms. The first-order chi connectivity index (χ1) is 8.22. The summed E-state index contributed by atoms with van der Waals surface area (Å²) in [7, 11) is 0. The second-order valence-corrected chi connectivity index (χ2v) is 4.99. The van der Waals surface area contributed by atoms with E-state index < -0.39 is 0 Å². The number of rotatable bonds is 2. The van der Waals surface area contributed by atoms with Gasteiger partial charge in [0, 0.05) is 12.8 Å². The highest BCUT2D eigenvalue weighted by molar-refractivity contribution is 5.68. The van der Waals surface area contributed by atoms with Gasteiger partial charge >= 0.3 is 5.97 Å². The summed E-state index contributed by atoms with van der Waals surface area (Å²) in [6.45, 7) is 3.73. The lowest BCUT2D eigenvalue weighted by Gasteiger charge is -2.22. The number of hydrogen-bond donors (Lipinski definition) is 1. The highest BCUT2D eigenvalue weighted by Gasteiger charge is 2.43. The van der Waals surface area contributed by atoms with Gasteiger partial charge in [0.1, 0.15) is 6.10 Å². The number of hydrogen-bond acceptors (Lipinski definition) is 4. The first-order valence-corrected chi connectivity index (χ1v) is 6.37. The molecule has 1 aliphatic heterocycles. The maximum atomic E-state index is 11.2. The van der Waals surface area contributed by atoms with Crippen molar-refractivity contribution in [1.29, 1.82) is 0 Å². The maximum Gasteiger partial charge on any atom is 0.342 e. The molecule has 4 heteroatoms. The molecule has 2 aliphatic rings. The van der Waals surface area contributed by atoms with E-state index in [1.54, 1.807) is 0 Å². The van der Waals surface area contributed by atoms with E-state index in [0.29, 0.717) is 12.8 Å². The Morgan fingerprint density at radius 1 is 1.47 bits per heavy atom. The Morgan fingerprint density at radius 3 is 3.06 bits per heavy atom. The number of aliphatic hydroxyl groups excluding tert-OH is 1. The molecule has 0 spiro atoms. The summed E-state index contributed by atoms with van der Waals surface area (Å²) in [6.07, 6.45) is 5.89. The summed E-state index contributed by atoms with van der Waals surface area (Å²) < 4.78 is 0. The van der Waals surface area contributed by atoms with Gasteiger partial charge < -0.3 is 5.11 Å². The first kappa shape index (κ1) is 12.6. The highest BCUT2D eigenvalue weighted by atomic mass is 17.2. The molecule has 0 aromatic carbocycles. The van der Waals surface area contributed by atoms with E-state index in [1.807, 2.05) is 6.08 Å². The Morgan fingerprint density at radius 2 is 2.29 bits per heavy atom. The van der Waals surface area contributed by atoms with E-state index in [4.69, 9.17) is 9.78 Å². The Kier molecular flexibility index (Phi) is 4.18. The van der Waals surface area contributed by atoms with Gasteiger partial charge in [0.15, 0.2) is 0 Å². The lowest BCUT2D eigenvalue weighted by atomic mass is 9.86. The molecular formula is C13H20O4. The van der Waals surface area contributed by atoms with Gasteiger partial charge in [-0.1, -0.05) is 12.5 Å². The number of aliphatic hydroxyl groups is 1. The van der Waals surface area contributed by atoms with Crippen LogP contribution in [0.1, 0.15) is 38.5 Å². The summed E-state index contributed by atoms with van der Waals surface area (Å²) in [6, 6.07) is 0. The minimum atomic E-state index is -0.374. The summed E-state index contributed by atoms with van der Waals surface area (Å²) in [5, 5.41) is 10.0. The summed E-state index contributed by atoms with van der Waals surface area (Å²) in [5.74, 6) is 0.163. The second-order valence-electron chi connectivity index (χ2n) is 4.99. The lowest BCUT2D eigenvalue weighted by molar-refractivity contribution is -0.304. The zero-order valence-electron chi connectivity index (χ0n) is 10.0. The lowest BCUT2D eigenvalue weighted by Crippen LogP contribution is -2.23. The van der Waals surface area contributed by atoms with Gasteiger partial charge in [-0.2, -0.15) is 4.89 Å². The molecule has 2 rings (SSSR count). The predicted molar refractivity (Wildman–Crippen MR) is 61.9 cm³/mol. The highest BCUT2D eigenvalue weighted by Crippen LogP contribution is 2.40. The van der Waals surface area contributed by atoms with E-state index in [-0.39, 0.29) is 30.0 Å². The molecule has 1 heterocycles. The molecule has 0 radical (unpaired) electrons. The van der Waals surface area contributed by atoms with Crippen molar-refractivity contribution in [3.63, 3.8) is 0 Å². The number of carbonyl (C=O) groups excluding carboxylic acids is 1. The van der Waals surface area contributed by atoms with Gasteiger partial charge in [0.05, 0.1) is 6.10 Å². The molecule has 0 aromatic heterocycles. The number of fused-ring (bicyclic) bond motifs is 1. The molecule has 0 amide bonds. The van der Waals surface area contributed by atoms with Crippen molar-refractivity contribution < 1.29 is 19.7 Å². The average molecular weight is 240 g/mol. The van der Waals surface area contributed by atoms with Crippen molar-refractivity contribution in [3.8, 4) is 0 Å². The molecule has 17 heavy (non-hydrogen) atoms. The van der Waals surface area contributed by atoms with Crippen molar-refractivity contribution in [2.24, 2.45) is 11.8 Å². The third kappa shape index (κ3) is 2.87. The third-order valence-corrected chi connectivity index (χ3v) is 3.87. The molecule has 0 aromatic rings. The zero-order valence-corrected chi connectivity index (χ0v) is 10.0. The van der Waals surface area contributed by atoms with Crippen LogP contribution in [0.4, 0.5) is 0 Å². The molecule has 4 atom stereocenters. The van der Waals surface area contributed by atoms with Gasteiger partial charge in [-0.05, 0) is 31.1 Å². The smallest absolute Gasteiger partial charge is 0.342 e. The molecule has 0 unspecified atom stereocenters. The van der Waals surface area contributed by atoms with E-state index in [1.165, 1.54) is 0 Å². The molecule has 4 nitrogen and oxygen atoms in total. The first-order valence-electron chi connectivity index (χ1n) is 6.37. The minimum Gasteiger partial charge on any atom is -0.393 e. The molecule has 1 saturated heterocycles. The van der Waals surface area contributed by atoms with Crippen LogP contribution in [-0.2, 0) is 14.6 Å². The summed E-state index contributed by atoms with van der Waals surface area (Å²) in [5.41, 5.74) is 0. The molecule has 2 fully saturated rings. The van der Waals surface area contributed by atoms with Crippen LogP contribution >= 0.6 is 0 Å². The van der Waals surface area contributed by atoms with Gasteiger partial charge in [0.25, 0.3) is 0 Å². The van der Waals surface area contributed by atoms with Crippen molar-refractivity contribution in [2.45, 2.75) is 50.7 Å². The van der Waals surface area contributed by atoms with Crippen LogP contribution in [0.3, 0.4) is 0 Å². The fourth-order valence-corrected chi connectivity index (χ4v) is 2.99. The summed E-state index contributed by atoms with van der Waals surface area (Å²) >= 11 is 0. The van der Waals surface area contributed by atoms with Gasteiger partial charge in [0.2, 0.25) is 0 Å². The van der Waals surface area contributed by atoms with Crippen molar-refractivity contribution in [3.05, 3.63) is 12.7 Å². The van der Waals surface area contributed by atoms with Crippen molar-refractivity contribution in [2.75, 3.05) is 0 Å². The maximum absolute atomic E-state index is 11.2. The number of allylic oxidation sites excluding steroid dienone is 1. The van der Waals surface area contributed by atoms with Gasteiger partial charge in [-0.15, -0.1) is 6.58 Å². The molecule has 1 N–H and O–H groups in total. The summed E-state index contributed by atoms with van der Waals surface area (Å²) in [4.78, 5) is 21.2. The Hall–Kier alpha value is -0.870. The monoisotopic (exact) mass is 240 g/mol. The van der Waals surface area contributed by atoms with Crippen LogP contribution in [-0.4, -0.2) is 23.3 Å². The SMILES string of the molecule is C=CC[C@@H]1[C@H]2CCCCC(=O)OO[C@H]2C[C@@H]1O. The molecular weight excluding hydrogens is 220 g/mol. The standard InChI is InChI=1S/C13H20O4/c1-2-5-9-10-6-3-4-7-13(15)17-16-12(10)8-11(9)14/h2,9-12,14H,1,3-8H2/t9-,10-,11+,12+/m1/s1. The van der Waals surface area contributed by atoms with E-state index >= 15 is 0 Å². The molecule has 1 aliphatic carbocycles. The van der Waals surface area contributed by atoms with Gasteiger partial charge in [-0.25, -0.2) is 4.79 Å². The van der Waals surface area contributed by atoms with Crippen LogP contribution in [0.2, 0.25) is 0 Å². The number of carbonyl (C=O) groups is 1. The Balaban J connectivity index is 2.05. The van der Waals surface area contributed by atoms with Crippen LogP contribution in [0.15, 0.2) is 12.7 Å². The molecule has 1 saturated carbocycles. The average Bonchev–Trinajstić information content (AvgIpc) is 2.63. The zero-order chi connectivity index (χ0) is 12.3. The fraction of sp³-hybridized carbons (Fsp3) is 0.769. The minimum absolute atomic E-state index is 0.156. The van der Waals surface area contributed by atoms with Crippen LogP contribution < -0.4 is 0 Å². The molecule has 96 valence electrons. The van der Waals surface area contributed by atoms with Crippen LogP contribution in [0.5, 0.6) is 0 Å².